The summed E-state index contributed by atoms with van der Waals surface area (Å²) in [5.41, 5.74) is -0.260. The first-order valence-corrected chi connectivity index (χ1v) is 7.38. The summed E-state index contributed by atoms with van der Waals surface area (Å²) in [5, 5.41) is 12.3. The van der Waals surface area contributed by atoms with E-state index in [2.05, 4.69) is 15.3 Å². The van der Waals surface area contributed by atoms with E-state index in [9.17, 15) is 9.18 Å². The molecular weight excluding hydrogens is 301 g/mol. The minimum atomic E-state index is -0.837. The van der Waals surface area contributed by atoms with Crippen LogP contribution in [0.2, 0.25) is 0 Å². The zero-order valence-electron chi connectivity index (χ0n) is 13.4. The van der Waals surface area contributed by atoms with E-state index in [4.69, 9.17) is 9.84 Å². The fourth-order valence-electron chi connectivity index (χ4n) is 2.09. The highest BCUT2D eigenvalue weighted by Gasteiger charge is 2.19. The molecule has 0 spiro atoms. The Hall–Kier alpha value is -2.28. The standard InChI is InChI=1S/C16H20FN3O3/c1-4-13-18-14-11(15(19-13)23-6-5-21)7-10(8-12(14)17)20-16(2,3)9-22/h7-9,20-21H,4-6H2,1-3H3. The first-order chi connectivity index (χ1) is 10.9. The van der Waals surface area contributed by atoms with E-state index >= 15 is 0 Å². The number of aliphatic hydroxyl groups is 1. The summed E-state index contributed by atoms with van der Waals surface area (Å²) < 4.78 is 19.8. The number of aryl methyl sites for hydroxylation is 1. The highest BCUT2D eigenvalue weighted by atomic mass is 19.1. The van der Waals surface area contributed by atoms with E-state index in [0.717, 1.165) is 6.29 Å². The van der Waals surface area contributed by atoms with E-state index in [-0.39, 0.29) is 24.6 Å². The summed E-state index contributed by atoms with van der Waals surface area (Å²) in [6.07, 6.45) is 1.28. The topological polar surface area (TPSA) is 84.3 Å². The van der Waals surface area contributed by atoms with Crippen LogP contribution in [0.4, 0.5) is 10.1 Å². The third kappa shape index (κ3) is 3.92. The highest BCUT2D eigenvalue weighted by molar-refractivity contribution is 5.88. The van der Waals surface area contributed by atoms with Gasteiger partial charge in [-0.15, -0.1) is 0 Å². The van der Waals surface area contributed by atoms with Gasteiger partial charge in [0.05, 0.1) is 17.5 Å². The van der Waals surface area contributed by atoms with Crippen molar-refractivity contribution in [3.05, 3.63) is 23.8 Å². The number of hydrogen-bond donors (Lipinski definition) is 2. The molecule has 0 aliphatic carbocycles. The molecule has 0 aliphatic rings. The van der Waals surface area contributed by atoms with Gasteiger partial charge in [-0.25, -0.2) is 9.37 Å². The minimum absolute atomic E-state index is 0.0500. The number of benzene rings is 1. The number of nitrogens with one attached hydrogen (secondary N) is 1. The van der Waals surface area contributed by atoms with Gasteiger partial charge < -0.3 is 20.0 Å². The van der Waals surface area contributed by atoms with Crippen LogP contribution in [0.25, 0.3) is 10.9 Å². The Morgan fingerprint density at radius 3 is 2.74 bits per heavy atom. The molecule has 0 aliphatic heterocycles. The zero-order chi connectivity index (χ0) is 17.0. The molecule has 7 heteroatoms. The second kappa shape index (κ2) is 6.87. The second-order valence-corrected chi connectivity index (χ2v) is 5.69. The maximum absolute atomic E-state index is 14.4. The lowest BCUT2D eigenvalue weighted by Gasteiger charge is -2.21. The quantitative estimate of drug-likeness (QED) is 0.760. The molecule has 1 aromatic heterocycles. The van der Waals surface area contributed by atoms with Crippen molar-refractivity contribution in [3.63, 3.8) is 0 Å². The van der Waals surface area contributed by atoms with Gasteiger partial charge in [-0.3, -0.25) is 0 Å². The summed E-state index contributed by atoms with van der Waals surface area (Å²) in [7, 11) is 0. The first kappa shape index (κ1) is 17.1. The maximum atomic E-state index is 14.4. The predicted molar refractivity (Wildman–Crippen MR) is 85.2 cm³/mol. The molecule has 0 atom stereocenters. The van der Waals surface area contributed by atoms with Crippen LogP contribution in [0, 0.1) is 5.82 Å². The Bertz CT molecular complexity index is 719. The Kier molecular flexibility index (Phi) is 5.10. The molecule has 0 amide bonds. The number of aldehydes is 1. The number of aliphatic hydroxyl groups excluding tert-OH is 1. The number of nitrogens with zero attached hydrogens (tertiary/aromatic N) is 2. The third-order valence-electron chi connectivity index (χ3n) is 3.17. The van der Waals surface area contributed by atoms with Gasteiger partial charge in [0.25, 0.3) is 0 Å². The number of ether oxygens (including phenoxy) is 1. The number of fused-ring (bicyclic) bond motifs is 1. The smallest absolute Gasteiger partial charge is 0.224 e. The van der Waals surface area contributed by atoms with Crippen molar-refractivity contribution in [1.29, 1.82) is 0 Å². The largest absolute Gasteiger partial charge is 0.475 e. The van der Waals surface area contributed by atoms with Crippen LogP contribution >= 0.6 is 0 Å². The monoisotopic (exact) mass is 321 g/mol. The lowest BCUT2D eigenvalue weighted by molar-refractivity contribution is -0.110. The third-order valence-corrected chi connectivity index (χ3v) is 3.17. The molecule has 0 bridgehead atoms. The van der Waals surface area contributed by atoms with Crippen LogP contribution in [-0.4, -0.2) is 40.1 Å². The lowest BCUT2D eigenvalue weighted by Crippen LogP contribution is -2.32. The van der Waals surface area contributed by atoms with E-state index in [0.29, 0.717) is 23.3 Å². The Labute approximate surface area is 133 Å². The van der Waals surface area contributed by atoms with Gasteiger partial charge in [0.2, 0.25) is 5.88 Å². The summed E-state index contributed by atoms with van der Waals surface area (Å²) in [6.45, 7) is 5.10. The number of carbonyl (C=O) groups is 1. The number of aromatic nitrogens is 2. The minimum Gasteiger partial charge on any atom is -0.475 e. The van der Waals surface area contributed by atoms with Crippen molar-refractivity contribution in [2.75, 3.05) is 18.5 Å². The number of hydrogen-bond acceptors (Lipinski definition) is 6. The van der Waals surface area contributed by atoms with Gasteiger partial charge >= 0.3 is 0 Å². The Morgan fingerprint density at radius 2 is 2.13 bits per heavy atom. The molecule has 0 saturated heterocycles. The van der Waals surface area contributed by atoms with Crippen LogP contribution in [0.3, 0.4) is 0 Å². The van der Waals surface area contributed by atoms with Gasteiger partial charge in [-0.05, 0) is 26.0 Å². The first-order valence-electron chi connectivity index (χ1n) is 7.38. The Morgan fingerprint density at radius 1 is 1.39 bits per heavy atom. The molecule has 0 saturated carbocycles. The van der Waals surface area contributed by atoms with Gasteiger partial charge in [0, 0.05) is 12.1 Å². The van der Waals surface area contributed by atoms with E-state index < -0.39 is 11.4 Å². The molecule has 1 aromatic carbocycles. The average molecular weight is 321 g/mol. The molecule has 2 rings (SSSR count). The van der Waals surface area contributed by atoms with Gasteiger partial charge in [-0.1, -0.05) is 6.92 Å². The van der Waals surface area contributed by atoms with Crippen molar-refractivity contribution in [2.24, 2.45) is 0 Å². The molecule has 0 radical (unpaired) electrons. The van der Waals surface area contributed by atoms with Crippen molar-refractivity contribution >= 4 is 22.9 Å². The molecule has 2 N–H and O–H groups in total. The van der Waals surface area contributed by atoms with E-state index in [1.165, 1.54) is 6.07 Å². The molecule has 0 unspecified atom stereocenters. The van der Waals surface area contributed by atoms with Crippen molar-refractivity contribution < 1.29 is 19.0 Å². The summed E-state index contributed by atoms with van der Waals surface area (Å²) in [5.74, 6) is 0.142. The number of anilines is 1. The van der Waals surface area contributed by atoms with Crippen LogP contribution in [0.1, 0.15) is 26.6 Å². The summed E-state index contributed by atoms with van der Waals surface area (Å²) in [6, 6.07) is 2.92. The molecular formula is C16H20FN3O3. The maximum Gasteiger partial charge on any atom is 0.224 e. The van der Waals surface area contributed by atoms with Crippen LogP contribution < -0.4 is 10.1 Å². The molecule has 6 nitrogen and oxygen atoms in total. The molecule has 1 heterocycles. The van der Waals surface area contributed by atoms with Gasteiger partial charge in [0.15, 0.2) is 5.82 Å². The SMILES string of the molecule is CCc1nc(OCCO)c2cc(NC(C)(C)C=O)cc(F)c2n1. The van der Waals surface area contributed by atoms with E-state index in [1.807, 2.05) is 6.92 Å². The highest BCUT2D eigenvalue weighted by Crippen LogP contribution is 2.29. The second-order valence-electron chi connectivity index (χ2n) is 5.69. The molecule has 0 fully saturated rings. The summed E-state index contributed by atoms with van der Waals surface area (Å²) in [4.78, 5) is 19.5. The van der Waals surface area contributed by atoms with Crippen LogP contribution in [0.5, 0.6) is 5.88 Å². The lowest BCUT2D eigenvalue weighted by atomic mass is 10.1. The molecule has 124 valence electrons. The van der Waals surface area contributed by atoms with Gasteiger partial charge in [-0.2, -0.15) is 4.98 Å². The fraction of sp³-hybridized carbons (Fsp3) is 0.438. The van der Waals surface area contributed by atoms with E-state index in [1.54, 1.807) is 19.9 Å². The van der Waals surface area contributed by atoms with Crippen LogP contribution in [-0.2, 0) is 11.2 Å². The van der Waals surface area contributed by atoms with Crippen molar-refractivity contribution in [1.82, 2.24) is 9.97 Å². The van der Waals surface area contributed by atoms with Crippen LogP contribution in [0.15, 0.2) is 12.1 Å². The number of rotatable bonds is 7. The number of halogens is 1. The molecule has 2 aromatic rings. The predicted octanol–water partition coefficient (Wildman–Crippen LogP) is 2.09. The zero-order valence-corrected chi connectivity index (χ0v) is 13.4. The molecule has 23 heavy (non-hydrogen) atoms. The summed E-state index contributed by atoms with van der Waals surface area (Å²) >= 11 is 0. The van der Waals surface area contributed by atoms with Gasteiger partial charge in [0.1, 0.15) is 24.2 Å². The fourth-order valence-corrected chi connectivity index (χ4v) is 2.09. The number of carbonyl (C=O) groups excluding carboxylic acids is 1. The average Bonchev–Trinajstić information content (AvgIpc) is 2.52. The normalized spacial score (nSPS) is 11.5. The van der Waals surface area contributed by atoms with Crippen molar-refractivity contribution in [2.45, 2.75) is 32.7 Å². The Balaban J connectivity index is 2.57. The van der Waals surface area contributed by atoms with Crippen molar-refractivity contribution in [3.8, 4) is 5.88 Å².